The van der Waals surface area contributed by atoms with Gasteiger partial charge in [-0.3, -0.25) is 0 Å². The van der Waals surface area contributed by atoms with Gasteiger partial charge in [0, 0.05) is 13.0 Å². The van der Waals surface area contributed by atoms with Crippen molar-refractivity contribution in [2.75, 3.05) is 13.2 Å². The summed E-state index contributed by atoms with van der Waals surface area (Å²) in [5, 5.41) is 29.5. The average Bonchev–Trinajstić information content (AvgIpc) is 3.10. The Morgan fingerprint density at radius 1 is 1.26 bits per heavy atom. The average molecular weight is 433 g/mol. The van der Waals surface area contributed by atoms with Gasteiger partial charge in [-0.25, -0.2) is 0 Å². The van der Waals surface area contributed by atoms with Gasteiger partial charge < -0.3 is 20.1 Å². The number of rotatable bonds is 8. The molecule has 3 rings (SSSR count). The molecule has 0 bridgehead atoms. The van der Waals surface area contributed by atoms with Crippen LogP contribution in [0.15, 0.2) is 35.5 Å². The van der Waals surface area contributed by atoms with Gasteiger partial charge in [-0.05, 0) is 85.7 Å². The van der Waals surface area contributed by atoms with Crippen molar-refractivity contribution in [3.63, 3.8) is 0 Å². The van der Waals surface area contributed by atoms with Crippen molar-refractivity contribution in [2.45, 2.75) is 96.9 Å². The number of fused-ring (bicyclic) bond motifs is 1. The summed E-state index contributed by atoms with van der Waals surface area (Å²) in [5.74, 6) is 1.95. The highest BCUT2D eigenvalue weighted by atomic mass is 16.5. The number of allylic oxidation sites excluding steroid dienone is 3. The first-order valence-electron chi connectivity index (χ1n) is 12.5. The summed E-state index contributed by atoms with van der Waals surface area (Å²) in [7, 11) is 0. The van der Waals surface area contributed by atoms with Gasteiger partial charge in [0.25, 0.3) is 0 Å². The lowest BCUT2D eigenvalue weighted by Gasteiger charge is -2.44. The maximum Gasteiger partial charge on any atom is 0.0811 e. The first-order chi connectivity index (χ1) is 14.8. The van der Waals surface area contributed by atoms with Crippen LogP contribution < -0.4 is 0 Å². The molecule has 3 saturated carbocycles. The van der Waals surface area contributed by atoms with E-state index >= 15 is 0 Å². The summed E-state index contributed by atoms with van der Waals surface area (Å²) in [6.07, 6.45) is 12.4. The van der Waals surface area contributed by atoms with Crippen LogP contribution in [0.25, 0.3) is 0 Å². The third-order valence-corrected chi connectivity index (χ3v) is 8.57. The van der Waals surface area contributed by atoms with E-state index in [2.05, 4.69) is 39.5 Å². The summed E-state index contributed by atoms with van der Waals surface area (Å²) in [5.41, 5.74) is 3.65. The van der Waals surface area contributed by atoms with Crippen molar-refractivity contribution >= 4 is 0 Å². The fraction of sp³-hybridized carbons (Fsp3) is 0.778. The number of hydrogen-bond donors (Lipinski definition) is 3. The van der Waals surface area contributed by atoms with E-state index in [9.17, 15) is 15.3 Å². The highest BCUT2D eigenvalue weighted by Crippen LogP contribution is 2.59. The molecule has 0 saturated heterocycles. The molecule has 0 heterocycles. The topological polar surface area (TPSA) is 69.9 Å². The summed E-state index contributed by atoms with van der Waals surface area (Å²) >= 11 is 0. The maximum atomic E-state index is 10.1. The summed E-state index contributed by atoms with van der Waals surface area (Å²) in [4.78, 5) is 0. The van der Waals surface area contributed by atoms with Crippen molar-refractivity contribution in [1.29, 1.82) is 0 Å². The first-order valence-corrected chi connectivity index (χ1v) is 12.5. The number of aliphatic hydroxyl groups excluding tert-OH is 3. The van der Waals surface area contributed by atoms with Crippen LogP contribution >= 0.6 is 0 Å². The van der Waals surface area contributed by atoms with Gasteiger partial charge in [0.15, 0.2) is 0 Å². The fourth-order valence-electron chi connectivity index (χ4n) is 6.60. The van der Waals surface area contributed by atoms with Gasteiger partial charge in [0.1, 0.15) is 0 Å². The summed E-state index contributed by atoms with van der Waals surface area (Å²) < 4.78 is 5.88. The van der Waals surface area contributed by atoms with Gasteiger partial charge in [-0.15, -0.1) is 0 Å². The van der Waals surface area contributed by atoms with E-state index < -0.39 is 12.2 Å². The van der Waals surface area contributed by atoms with Crippen LogP contribution in [0.5, 0.6) is 0 Å². The Labute approximate surface area is 189 Å². The molecule has 0 aromatic carbocycles. The predicted octanol–water partition coefficient (Wildman–Crippen LogP) is 4.94. The maximum absolute atomic E-state index is 10.1. The number of hydrogen-bond acceptors (Lipinski definition) is 4. The molecular weight excluding hydrogens is 388 g/mol. The lowest BCUT2D eigenvalue weighted by molar-refractivity contribution is -0.00289. The molecule has 0 aromatic rings. The van der Waals surface area contributed by atoms with Gasteiger partial charge in [0.05, 0.1) is 24.9 Å². The lowest BCUT2D eigenvalue weighted by Crippen LogP contribution is -2.36. The number of aliphatic hydroxyl groups is 3. The van der Waals surface area contributed by atoms with Crippen molar-refractivity contribution < 1.29 is 20.1 Å². The smallest absolute Gasteiger partial charge is 0.0811 e. The Balaban J connectivity index is 1.67. The second-order valence-electron chi connectivity index (χ2n) is 10.5. The molecule has 3 aliphatic carbocycles. The molecule has 7 atom stereocenters. The monoisotopic (exact) mass is 432 g/mol. The molecule has 3 N–H and O–H groups in total. The molecule has 176 valence electrons. The highest BCUT2D eigenvalue weighted by Gasteiger charge is 2.50. The molecular formula is C27H44O4. The lowest BCUT2D eigenvalue weighted by atomic mass is 9.61. The van der Waals surface area contributed by atoms with Crippen LogP contribution in [0.3, 0.4) is 0 Å². The second kappa shape index (κ2) is 10.8. The molecule has 1 unspecified atom stereocenters. The summed E-state index contributed by atoms with van der Waals surface area (Å²) in [6, 6.07) is 0. The normalized spacial score (nSPS) is 38.5. The second-order valence-corrected chi connectivity index (χ2v) is 10.5. The van der Waals surface area contributed by atoms with E-state index in [0.717, 1.165) is 37.0 Å². The molecule has 0 radical (unpaired) electrons. The van der Waals surface area contributed by atoms with Gasteiger partial charge in [0.2, 0.25) is 0 Å². The standard InChI is InChI=1S/C27H44O4/c1-5-23(17-28)31-14-12-18(2)24-10-11-25-20(7-6-13-27(24,25)4)8-9-21-15-22(29)16-26(30)19(21)3/h8-9,18,22-26,28-30H,3,5-7,10-17H2,1-2,4H3/b20-8+,21-9-/t18-,22-,23?,24-,25+,26+,27-/m1/s1. The molecule has 0 aliphatic heterocycles. The summed E-state index contributed by atoms with van der Waals surface area (Å²) in [6.45, 7) is 11.8. The zero-order valence-corrected chi connectivity index (χ0v) is 19.9. The Kier molecular flexibility index (Phi) is 8.59. The van der Waals surface area contributed by atoms with E-state index in [4.69, 9.17) is 4.74 Å². The quantitative estimate of drug-likeness (QED) is 0.508. The predicted molar refractivity (Wildman–Crippen MR) is 126 cm³/mol. The first kappa shape index (κ1) is 24.7. The Morgan fingerprint density at radius 2 is 2.03 bits per heavy atom. The minimum absolute atomic E-state index is 0.0251. The molecule has 0 aromatic heterocycles. The zero-order valence-electron chi connectivity index (χ0n) is 19.9. The molecule has 0 spiro atoms. The minimum atomic E-state index is -0.623. The minimum Gasteiger partial charge on any atom is -0.394 e. The molecule has 4 heteroatoms. The molecule has 3 fully saturated rings. The SMILES string of the molecule is C=C1/C(=C\C=C2/CCC[C@]3(C)[C@@H]([C@H](C)CCOC(CC)CO)CC[C@@H]23)C[C@@H](O)C[C@@H]1O. The van der Waals surface area contributed by atoms with Crippen LogP contribution in [-0.2, 0) is 4.74 Å². The van der Waals surface area contributed by atoms with E-state index in [0.29, 0.717) is 36.0 Å². The van der Waals surface area contributed by atoms with Crippen LogP contribution in [0.4, 0.5) is 0 Å². The third-order valence-electron chi connectivity index (χ3n) is 8.57. The van der Waals surface area contributed by atoms with E-state index in [1.807, 2.05) is 0 Å². The van der Waals surface area contributed by atoms with Gasteiger partial charge in [-0.2, -0.15) is 0 Å². The molecule has 31 heavy (non-hydrogen) atoms. The van der Waals surface area contributed by atoms with Gasteiger partial charge >= 0.3 is 0 Å². The fourth-order valence-corrected chi connectivity index (χ4v) is 6.60. The molecule has 3 aliphatic rings. The van der Waals surface area contributed by atoms with E-state index in [1.54, 1.807) is 5.57 Å². The van der Waals surface area contributed by atoms with E-state index in [-0.39, 0.29) is 12.7 Å². The van der Waals surface area contributed by atoms with Crippen LogP contribution in [0, 0.1) is 23.2 Å². The molecule has 4 nitrogen and oxygen atoms in total. The number of ether oxygens (including phenoxy) is 1. The zero-order chi connectivity index (χ0) is 22.6. The Morgan fingerprint density at radius 3 is 2.74 bits per heavy atom. The largest absolute Gasteiger partial charge is 0.394 e. The van der Waals surface area contributed by atoms with Crippen molar-refractivity contribution in [3.05, 3.63) is 35.5 Å². The van der Waals surface area contributed by atoms with Crippen molar-refractivity contribution in [2.24, 2.45) is 23.2 Å². The molecule has 0 amide bonds. The van der Waals surface area contributed by atoms with E-state index in [1.165, 1.54) is 25.7 Å². The Bertz CT molecular complexity index is 677. The van der Waals surface area contributed by atoms with Crippen molar-refractivity contribution in [3.8, 4) is 0 Å². The van der Waals surface area contributed by atoms with Gasteiger partial charge in [-0.1, -0.05) is 45.1 Å². The van der Waals surface area contributed by atoms with Crippen LogP contribution in [-0.4, -0.2) is 46.8 Å². The van der Waals surface area contributed by atoms with Crippen LogP contribution in [0.1, 0.15) is 78.6 Å². The Hall–Kier alpha value is -0.940. The van der Waals surface area contributed by atoms with Crippen LogP contribution in [0.2, 0.25) is 0 Å². The van der Waals surface area contributed by atoms with Crippen molar-refractivity contribution in [1.82, 2.24) is 0 Å². The highest BCUT2D eigenvalue weighted by molar-refractivity contribution is 5.38. The third kappa shape index (κ3) is 5.52.